The summed E-state index contributed by atoms with van der Waals surface area (Å²) in [5.41, 5.74) is 0. The van der Waals surface area contributed by atoms with Gasteiger partial charge in [-0.2, -0.15) is 0 Å². The lowest BCUT2D eigenvalue weighted by Gasteiger charge is -1.96. The first-order valence-corrected chi connectivity index (χ1v) is 2.54. The van der Waals surface area contributed by atoms with Crippen LogP contribution in [-0.2, 0) is 29.0 Å². The van der Waals surface area contributed by atoms with E-state index in [1.54, 1.807) is 0 Å². The highest BCUT2D eigenvalue weighted by atomic mass is 17.1. The number of carbonyl (C=O) groups is 4. The van der Waals surface area contributed by atoms with Gasteiger partial charge in [0.1, 0.15) is 0 Å². The first-order chi connectivity index (χ1) is 7.47. The maximum Gasteiger partial charge on any atom is 1.00 e. The molecule has 0 bridgehead atoms. The number of carboxylic acid groups (broad SMARTS) is 2. The zero-order valence-electron chi connectivity index (χ0n) is 9.17. The summed E-state index contributed by atoms with van der Waals surface area (Å²) in [6.45, 7) is -0.431. The SMILES string of the molecule is C.C.O=C([O-])[O-].O=COO.O=CO[O-].O=CO[O-].[H+].[H+].[HH]. The van der Waals surface area contributed by atoms with Crippen molar-refractivity contribution >= 4 is 25.6 Å². The lowest BCUT2D eigenvalue weighted by molar-refractivity contribution is -0.652. The summed E-state index contributed by atoms with van der Waals surface area (Å²) in [6, 6.07) is 0. The number of hydrogen-bond acceptors (Lipinski definition) is 12. The van der Waals surface area contributed by atoms with Gasteiger partial charge in [0.15, 0.2) is 0 Å². The van der Waals surface area contributed by atoms with Gasteiger partial charge in [-0.3, -0.25) is 14.4 Å². The Bertz CT molecular complexity index is 146. The van der Waals surface area contributed by atoms with Crippen LogP contribution in [0.25, 0.3) is 0 Å². The number of carbonyl (C=O) groups excluding carboxylic acids is 4. The minimum Gasteiger partial charge on any atom is -0.662 e. The standard InChI is InChI=1S/4CH2O3.2CH4.H2/c3*2-1-4-3;2-1(3)4;;;/h3*1,3H;(H2,2,3,4);2*1H4;1H/p-2. The summed E-state index contributed by atoms with van der Waals surface area (Å²) in [4.78, 5) is 42.4. The van der Waals surface area contributed by atoms with E-state index in [2.05, 4.69) is 14.7 Å². The van der Waals surface area contributed by atoms with E-state index < -0.39 is 6.16 Å². The molecule has 0 amide bonds. The fourth-order valence-electron chi connectivity index (χ4n) is 0. The van der Waals surface area contributed by atoms with Crippen molar-refractivity contribution < 1.29 is 64.1 Å². The smallest absolute Gasteiger partial charge is 0.662 e. The number of rotatable bonds is 3. The molecule has 0 heterocycles. The van der Waals surface area contributed by atoms with Crippen molar-refractivity contribution in [2.75, 3.05) is 0 Å². The highest BCUT2D eigenvalue weighted by Gasteiger charge is 1.47. The fraction of sp³-hybridized carbons (Fsp3) is 0.333. The minimum atomic E-state index is -2.33. The van der Waals surface area contributed by atoms with Gasteiger partial charge in [0.25, 0.3) is 12.9 Å². The molecule has 0 aromatic heterocycles. The van der Waals surface area contributed by atoms with Gasteiger partial charge in [-0.05, 0) is 6.16 Å². The van der Waals surface area contributed by atoms with Crippen molar-refractivity contribution in [2.24, 2.45) is 0 Å². The van der Waals surface area contributed by atoms with Crippen LogP contribution in [0, 0.1) is 0 Å². The average molecular weight is 280 g/mol. The maximum absolute atomic E-state index is 8.70. The molecule has 1 N–H and O–H groups in total. The van der Waals surface area contributed by atoms with Crippen LogP contribution in [0.3, 0.4) is 0 Å². The molecule has 0 fully saturated rings. The van der Waals surface area contributed by atoms with E-state index in [0.29, 0.717) is 0 Å². The average Bonchev–Trinajstić information content (AvgIpc) is 2.28. The monoisotopic (exact) mass is 280 g/mol. The highest BCUT2D eigenvalue weighted by molar-refractivity contribution is 5.47. The fourth-order valence-corrected chi connectivity index (χ4v) is 0. The van der Waals surface area contributed by atoms with E-state index in [-0.39, 0.29) is 38.5 Å². The second kappa shape index (κ2) is 62.2. The van der Waals surface area contributed by atoms with Crippen LogP contribution in [0.1, 0.15) is 19.1 Å². The second-order valence-electron chi connectivity index (χ2n) is 0.837. The summed E-state index contributed by atoms with van der Waals surface area (Å²) in [6.07, 6.45) is -2.33. The normalized spacial score (nSPS) is 4.83. The van der Waals surface area contributed by atoms with Crippen molar-refractivity contribution in [1.29, 1.82) is 0 Å². The lowest BCUT2D eigenvalue weighted by Crippen LogP contribution is -2.37. The van der Waals surface area contributed by atoms with Gasteiger partial charge in [-0.15, -0.1) is 0 Å². The minimum absolute atomic E-state index is 0. The summed E-state index contributed by atoms with van der Waals surface area (Å²) < 4.78 is 0. The molecule has 0 aromatic carbocycles. The van der Waals surface area contributed by atoms with Crippen molar-refractivity contribution in [3.8, 4) is 0 Å². The first-order valence-electron chi connectivity index (χ1n) is 2.54. The molecule has 18 heavy (non-hydrogen) atoms. The first kappa shape index (κ1) is 36.1. The Hall–Kier alpha value is -2.44. The Balaban J connectivity index is -0.0000000121. The van der Waals surface area contributed by atoms with Crippen molar-refractivity contribution in [3.05, 3.63) is 0 Å². The van der Waals surface area contributed by atoms with Gasteiger partial charge in [-0.25, -0.2) is 5.26 Å². The van der Waals surface area contributed by atoms with Crippen molar-refractivity contribution in [3.63, 3.8) is 0 Å². The summed E-state index contributed by atoms with van der Waals surface area (Å²) in [5.74, 6) is 0. The zero-order chi connectivity index (χ0) is 13.8. The largest absolute Gasteiger partial charge is 1.00 e. The third-order valence-electron chi connectivity index (χ3n) is 0.122. The Morgan fingerprint density at radius 2 is 1.11 bits per heavy atom. The van der Waals surface area contributed by atoms with Gasteiger partial charge in [-0.1, -0.05) is 14.9 Å². The molecule has 0 saturated carbocycles. The quantitative estimate of drug-likeness (QED) is 0.296. The van der Waals surface area contributed by atoms with E-state index in [0.717, 1.165) is 0 Å². The van der Waals surface area contributed by atoms with Gasteiger partial charge in [0, 0.05) is 1.43 Å². The van der Waals surface area contributed by atoms with Crippen molar-refractivity contribution in [2.45, 2.75) is 14.9 Å². The predicted octanol–water partition coefficient (Wildman–Crippen LogP) is -4.20. The van der Waals surface area contributed by atoms with Crippen LogP contribution in [0.2, 0.25) is 0 Å². The Morgan fingerprint density at radius 3 is 1.11 bits per heavy atom. The van der Waals surface area contributed by atoms with Crippen LogP contribution >= 0.6 is 0 Å². The van der Waals surface area contributed by atoms with Crippen LogP contribution in [-0.4, -0.2) is 30.8 Å². The third-order valence-corrected chi connectivity index (χ3v) is 0.122. The zero-order valence-corrected chi connectivity index (χ0v) is 7.17. The molecule has 0 aliphatic heterocycles. The van der Waals surface area contributed by atoms with Crippen LogP contribution < -0.4 is 20.7 Å². The molecular formula is C6H16O12-2. The Kier molecular flexibility index (Phi) is 125. The molecule has 0 aliphatic rings. The van der Waals surface area contributed by atoms with Gasteiger partial charge >= 0.3 is 9.33 Å². The highest BCUT2D eigenvalue weighted by Crippen LogP contribution is 1.33. The molecule has 0 aromatic rings. The molecule has 0 saturated heterocycles. The molecule has 12 heteroatoms. The Morgan fingerprint density at radius 1 is 1.00 bits per heavy atom. The maximum atomic E-state index is 8.70. The van der Waals surface area contributed by atoms with Gasteiger partial charge in [0.2, 0.25) is 0 Å². The molecule has 0 atom stereocenters. The molecule has 0 rings (SSSR count). The molecule has 0 aliphatic carbocycles. The molecule has 114 valence electrons. The van der Waals surface area contributed by atoms with E-state index in [1.165, 1.54) is 0 Å². The van der Waals surface area contributed by atoms with Crippen molar-refractivity contribution in [1.82, 2.24) is 0 Å². The topological polar surface area (TPSA) is 208 Å². The molecule has 12 nitrogen and oxygen atoms in total. The summed E-state index contributed by atoms with van der Waals surface area (Å²) >= 11 is 0. The second-order valence-corrected chi connectivity index (χ2v) is 0.837. The van der Waals surface area contributed by atoms with E-state index in [1.807, 2.05) is 0 Å². The van der Waals surface area contributed by atoms with Crippen LogP contribution in [0.15, 0.2) is 0 Å². The number of hydrogen-bond donors (Lipinski definition) is 1. The van der Waals surface area contributed by atoms with E-state index in [9.17, 15) is 0 Å². The van der Waals surface area contributed by atoms with Crippen LogP contribution in [0.5, 0.6) is 0 Å². The molecule has 0 spiro atoms. The van der Waals surface area contributed by atoms with Crippen LogP contribution in [0.4, 0.5) is 4.79 Å². The lowest BCUT2D eigenvalue weighted by atomic mass is 11.5. The van der Waals surface area contributed by atoms with Gasteiger partial charge in [0.05, 0.1) is 0 Å². The van der Waals surface area contributed by atoms with Gasteiger partial charge < -0.3 is 40.2 Å². The molecule has 0 unspecified atom stereocenters. The Labute approximate surface area is 106 Å². The third kappa shape index (κ3) is 6820. The van der Waals surface area contributed by atoms with E-state index in [4.69, 9.17) is 45.2 Å². The summed E-state index contributed by atoms with van der Waals surface area (Å²) in [5, 5.41) is 40.5. The summed E-state index contributed by atoms with van der Waals surface area (Å²) in [7, 11) is 0. The predicted molar refractivity (Wildman–Crippen MR) is 47.3 cm³/mol. The molecular weight excluding hydrogens is 264 g/mol. The molecule has 0 radical (unpaired) electrons. The van der Waals surface area contributed by atoms with E-state index >= 15 is 0 Å².